The monoisotopic (exact) mass is 384 g/mol. The molecular weight excluding hydrogens is 360 g/mol. The summed E-state index contributed by atoms with van der Waals surface area (Å²) in [7, 11) is 0. The summed E-state index contributed by atoms with van der Waals surface area (Å²) in [6.45, 7) is 8.53. The summed E-state index contributed by atoms with van der Waals surface area (Å²) in [6.07, 6.45) is 1.71. The number of hydrogen-bond acceptors (Lipinski definition) is 8. The smallest absolute Gasteiger partial charge is 0.229 e. The normalized spacial score (nSPS) is 23.5. The maximum absolute atomic E-state index is 5.62. The average Bonchev–Trinajstić information content (AvgIpc) is 3.37. The van der Waals surface area contributed by atoms with Crippen LogP contribution in [0.25, 0.3) is 22.7 Å². The van der Waals surface area contributed by atoms with E-state index in [0.717, 1.165) is 30.1 Å². The lowest BCUT2D eigenvalue weighted by Gasteiger charge is -2.36. The van der Waals surface area contributed by atoms with Gasteiger partial charge in [0.1, 0.15) is 11.2 Å². The summed E-state index contributed by atoms with van der Waals surface area (Å²) in [5.41, 5.74) is 2.31. The van der Waals surface area contributed by atoms with Crippen LogP contribution in [0.4, 0.5) is 11.8 Å². The highest BCUT2D eigenvalue weighted by atomic mass is 16.5. The summed E-state index contributed by atoms with van der Waals surface area (Å²) < 4.78 is 11.2. The molecule has 2 aliphatic rings. The third-order valence-electron chi connectivity index (χ3n) is 5.34. The molecule has 2 atom stereocenters. The Bertz CT molecular complexity index is 956. The van der Waals surface area contributed by atoms with Crippen LogP contribution in [-0.2, 0) is 9.47 Å². The first-order valence-electron chi connectivity index (χ1n) is 9.67. The molecule has 2 saturated heterocycles. The van der Waals surface area contributed by atoms with Crippen molar-refractivity contribution in [2.24, 2.45) is 0 Å². The van der Waals surface area contributed by atoms with Crippen LogP contribution in [0.15, 0.2) is 12.3 Å². The Labute approximate surface area is 162 Å². The lowest BCUT2D eigenvalue weighted by atomic mass is 10.2. The number of fused-ring (bicyclic) bond motifs is 1. The molecule has 5 heterocycles. The summed E-state index contributed by atoms with van der Waals surface area (Å²) in [4.78, 5) is 22.3. The van der Waals surface area contributed by atoms with Crippen molar-refractivity contribution in [3.05, 3.63) is 12.3 Å². The summed E-state index contributed by atoms with van der Waals surface area (Å²) in [6, 6.07) is 2.32. The lowest BCUT2D eigenvalue weighted by molar-refractivity contribution is 0.0973. The molecule has 148 valence electrons. The van der Waals surface area contributed by atoms with E-state index in [1.54, 1.807) is 6.20 Å². The van der Waals surface area contributed by atoms with E-state index in [1.165, 1.54) is 0 Å². The van der Waals surface area contributed by atoms with Crippen LogP contribution in [-0.4, -0.2) is 81.7 Å². The molecule has 10 heteroatoms. The first kappa shape index (κ1) is 17.4. The van der Waals surface area contributed by atoms with E-state index in [2.05, 4.69) is 38.8 Å². The molecule has 1 unspecified atom stereocenters. The molecule has 5 rings (SSSR count). The summed E-state index contributed by atoms with van der Waals surface area (Å²) >= 11 is 0. The molecule has 2 N–H and O–H groups in total. The fourth-order valence-electron chi connectivity index (χ4n) is 3.79. The predicted octanol–water partition coefficient (Wildman–Crippen LogP) is 1.19. The molecule has 0 radical (unpaired) electrons. The predicted molar refractivity (Wildman–Crippen MR) is 105 cm³/mol. The zero-order valence-electron chi connectivity index (χ0n) is 16.1. The van der Waals surface area contributed by atoms with E-state index in [9.17, 15) is 0 Å². The molecular formula is C18H24N8O2. The van der Waals surface area contributed by atoms with Crippen molar-refractivity contribution in [3.8, 4) is 11.5 Å². The second-order valence-corrected chi connectivity index (χ2v) is 7.34. The molecule has 28 heavy (non-hydrogen) atoms. The van der Waals surface area contributed by atoms with Gasteiger partial charge in [0.25, 0.3) is 0 Å². The van der Waals surface area contributed by atoms with Gasteiger partial charge in [-0.2, -0.15) is 15.1 Å². The summed E-state index contributed by atoms with van der Waals surface area (Å²) in [5.74, 6) is 2.27. The molecule has 0 saturated carbocycles. The van der Waals surface area contributed by atoms with Gasteiger partial charge in [-0.1, -0.05) is 0 Å². The SMILES string of the molecule is CC1COCCN1c1nc(N2CCOC[C@@H]2C)nc2nc(-c3ccn[nH]3)[nH]c12. The third kappa shape index (κ3) is 2.98. The lowest BCUT2D eigenvalue weighted by Crippen LogP contribution is -2.46. The van der Waals surface area contributed by atoms with Crippen LogP contribution >= 0.6 is 0 Å². The minimum atomic E-state index is 0.215. The number of rotatable bonds is 3. The van der Waals surface area contributed by atoms with Crippen molar-refractivity contribution >= 4 is 22.9 Å². The van der Waals surface area contributed by atoms with E-state index < -0.39 is 0 Å². The van der Waals surface area contributed by atoms with Gasteiger partial charge in [-0.05, 0) is 19.9 Å². The highest BCUT2D eigenvalue weighted by Crippen LogP contribution is 2.30. The van der Waals surface area contributed by atoms with Crippen LogP contribution in [0.2, 0.25) is 0 Å². The molecule has 2 fully saturated rings. The summed E-state index contributed by atoms with van der Waals surface area (Å²) in [5, 5.41) is 6.98. The quantitative estimate of drug-likeness (QED) is 0.693. The number of ether oxygens (including phenoxy) is 2. The number of nitrogens with zero attached hydrogens (tertiary/aromatic N) is 6. The Hall–Kier alpha value is -2.72. The van der Waals surface area contributed by atoms with Gasteiger partial charge >= 0.3 is 0 Å². The Balaban J connectivity index is 1.65. The minimum absolute atomic E-state index is 0.215. The molecule has 10 nitrogen and oxygen atoms in total. The molecule has 3 aromatic heterocycles. The van der Waals surface area contributed by atoms with Crippen LogP contribution < -0.4 is 9.80 Å². The molecule has 2 aliphatic heterocycles. The standard InChI is InChI=1S/C18H24N8O2/c1-11-9-27-7-5-25(11)17-14-16(21-15(20-14)13-3-4-19-24-13)22-18(23-17)26-6-8-28-10-12(26)2/h3-4,11-12H,5-10H2,1-2H3,(H,19,24)(H,20,21,22,23)/t11?,12-/m0/s1. The second-order valence-electron chi connectivity index (χ2n) is 7.34. The number of H-pyrrole nitrogens is 2. The fraction of sp³-hybridized carbons (Fsp3) is 0.556. The van der Waals surface area contributed by atoms with Crippen LogP contribution in [0.1, 0.15) is 13.8 Å². The Morgan fingerprint density at radius 3 is 2.43 bits per heavy atom. The van der Waals surface area contributed by atoms with E-state index in [4.69, 9.17) is 24.4 Å². The maximum atomic E-state index is 5.62. The Morgan fingerprint density at radius 1 is 1.00 bits per heavy atom. The van der Waals surface area contributed by atoms with Gasteiger partial charge in [0.05, 0.1) is 38.5 Å². The van der Waals surface area contributed by atoms with Gasteiger partial charge in [-0.15, -0.1) is 0 Å². The van der Waals surface area contributed by atoms with Crippen LogP contribution in [0.3, 0.4) is 0 Å². The van der Waals surface area contributed by atoms with E-state index in [0.29, 0.717) is 43.8 Å². The topological polar surface area (TPSA) is 108 Å². The van der Waals surface area contributed by atoms with E-state index in [1.807, 2.05) is 6.07 Å². The Morgan fingerprint density at radius 2 is 1.75 bits per heavy atom. The number of aromatic nitrogens is 6. The van der Waals surface area contributed by atoms with Crippen LogP contribution in [0.5, 0.6) is 0 Å². The van der Waals surface area contributed by atoms with Crippen molar-refractivity contribution in [1.29, 1.82) is 0 Å². The molecule has 0 amide bonds. The average molecular weight is 384 g/mol. The Kier molecular flexibility index (Phi) is 4.36. The van der Waals surface area contributed by atoms with Crippen molar-refractivity contribution < 1.29 is 9.47 Å². The zero-order valence-corrected chi connectivity index (χ0v) is 16.1. The molecule has 0 bridgehead atoms. The minimum Gasteiger partial charge on any atom is -0.377 e. The van der Waals surface area contributed by atoms with Gasteiger partial charge in [-0.25, -0.2) is 4.98 Å². The largest absolute Gasteiger partial charge is 0.377 e. The van der Waals surface area contributed by atoms with Gasteiger partial charge in [0, 0.05) is 19.3 Å². The van der Waals surface area contributed by atoms with Crippen molar-refractivity contribution in [2.45, 2.75) is 25.9 Å². The number of aromatic amines is 2. The first-order valence-corrected chi connectivity index (χ1v) is 9.67. The van der Waals surface area contributed by atoms with E-state index >= 15 is 0 Å². The van der Waals surface area contributed by atoms with Gasteiger partial charge < -0.3 is 24.3 Å². The van der Waals surface area contributed by atoms with Crippen molar-refractivity contribution in [1.82, 2.24) is 30.1 Å². The first-order chi connectivity index (χ1) is 13.7. The number of nitrogens with one attached hydrogen (secondary N) is 2. The molecule has 0 spiro atoms. The molecule has 0 aromatic carbocycles. The second kappa shape index (κ2) is 7.02. The van der Waals surface area contributed by atoms with Gasteiger partial charge in [-0.3, -0.25) is 5.10 Å². The molecule has 3 aromatic rings. The number of hydrogen-bond donors (Lipinski definition) is 2. The number of imidazole rings is 1. The van der Waals surface area contributed by atoms with Crippen molar-refractivity contribution in [3.63, 3.8) is 0 Å². The highest BCUT2D eigenvalue weighted by Gasteiger charge is 2.28. The zero-order chi connectivity index (χ0) is 19.1. The van der Waals surface area contributed by atoms with Crippen LogP contribution in [0, 0.1) is 0 Å². The fourth-order valence-corrected chi connectivity index (χ4v) is 3.79. The molecule has 0 aliphatic carbocycles. The number of morpholine rings is 2. The number of anilines is 2. The van der Waals surface area contributed by atoms with E-state index in [-0.39, 0.29) is 12.1 Å². The van der Waals surface area contributed by atoms with Gasteiger partial charge in [0.2, 0.25) is 5.95 Å². The van der Waals surface area contributed by atoms with Crippen molar-refractivity contribution in [2.75, 3.05) is 49.3 Å². The van der Waals surface area contributed by atoms with Gasteiger partial charge in [0.15, 0.2) is 17.3 Å². The third-order valence-corrected chi connectivity index (χ3v) is 5.34. The highest BCUT2D eigenvalue weighted by molar-refractivity contribution is 5.87. The maximum Gasteiger partial charge on any atom is 0.229 e.